The summed E-state index contributed by atoms with van der Waals surface area (Å²) in [4.78, 5) is 14.2. The Hall–Kier alpha value is -4.05. The molecule has 0 amide bonds. The van der Waals surface area contributed by atoms with Crippen molar-refractivity contribution in [2.45, 2.75) is 11.8 Å². The number of ether oxygens (including phenoxy) is 3. The van der Waals surface area contributed by atoms with Crippen LogP contribution in [-0.4, -0.2) is 27.1 Å². The van der Waals surface area contributed by atoms with Gasteiger partial charge in [0.25, 0.3) is 0 Å². The highest BCUT2D eigenvalue weighted by atomic mass is 16.5. The summed E-state index contributed by atoms with van der Waals surface area (Å²) in [5, 5.41) is 0. The number of carbonyl (C=O) groups is 1. The lowest BCUT2D eigenvalue weighted by atomic mass is 9.75. The van der Waals surface area contributed by atoms with Crippen molar-refractivity contribution < 1.29 is 19.0 Å². The number of hydrogen-bond acceptors (Lipinski definition) is 4. The number of rotatable bonds is 7. The van der Waals surface area contributed by atoms with Gasteiger partial charge in [-0.25, -0.2) is 0 Å². The molecule has 176 valence electrons. The average molecular weight is 465 g/mol. The number of Topliss-reactive ketones (excluding diaryl/α,β-unsaturated/α-hetero) is 1. The van der Waals surface area contributed by atoms with Crippen LogP contribution in [0.5, 0.6) is 17.2 Å². The zero-order chi connectivity index (χ0) is 24.4. The molecule has 0 saturated heterocycles. The number of hydrogen-bond donors (Lipinski definition) is 0. The fourth-order valence-corrected chi connectivity index (χ4v) is 5.37. The van der Waals surface area contributed by atoms with E-state index in [0.717, 1.165) is 28.0 Å². The molecule has 0 saturated carbocycles. The van der Waals surface area contributed by atoms with Gasteiger partial charge in [0.1, 0.15) is 5.75 Å². The van der Waals surface area contributed by atoms with Crippen molar-refractivity contribution in [2.75, 3.05) is 21.3 Å². The van der Waals surface area contributed by atoms with E-state index in [-0.39, 0.29) is 23.5 Å². The third-order valence-corrected chi connectivity index (χ3v) is 6.97. The van der Waals surface area contributed by atoms with Crippen LogP contribution in [0.2, 0.25) is 0 Å². The van der Waals surface area contributed by atoms with Crippen molar-refractivity contribution in [3.63, 3.8) is 0 Å². The Balaban J connectivity index is 1.77. The SMILES string of the molecule is COc1ccc([C@H]2c3cc(OC)c(OC)cc3[C@@H](c3ccccc3)[C@@H]2C(=O)c2ccccc2)cc1. The van der Waals surface area contributed by atoms with E-state index in [4.69, 9.17) is 14.2 Å². The average Bonchev–Trinajstić information content (AvgIpc) is 3.26. The summed E-state index contributed by atoms with van der Waals surface area (Å²) in [7, 11) is 4.94. The molecule has 0 unspecified atom stereocenters. The van der Waals surface area contributed by atoms with Crippen LogP contribution in [0.1, 0.15) is 44.4 Å². The number of fused-ring (bicyclic) bond motifs is 1. The molecule has 5 rings (SSSR count). The number of ketones is 1. The maximum absolute atomic E-state index is 14.2. The number of benzene rings is 4. The fourth-order valence-electron chi connectivity index (χ4n) is 5.37. The Bertz CT molecular complexity index is 1310. The van der Waals surface area contributed by atoms with E-state index in [1.54, 1.807) is 21.3 Å². The van der Waals surface area contributed by atoms with E-state index in [0.29, 0.717) is 17.1 Å². The van der Waals surface area contributed by atoms with Gasteiger partial charge in [0.2, 0.25) is 0 Å². The first kappa shape index (κ1) is 22.7. The predicted octanol–water partition coefficient (Wildman–Crippen LogP) is 6.49. The molecule has 0 spiro atoms. The molecular weight excluding hydrogens is 436 g/mol. The molecule has 4 aromatic rings. The van der Waals surface area contributed by atoms with Gasteiger partial charge < -0.3 is 14.2 Å². The second-order valence-corrected chi connectivity index (χ2v) is 8.73. The third kappa shape index (κ3) is 4.06. The molecule has 3 atom stereocenters. The molecule has 0 heterocycles. The van der Waals surface area contributed by atoms with Gasteiger partial charge in [-0.1, -0.05) is 72.8 Å². The first-order valence-corrected chi connectivity index (χ1v) is 11.7. The quantitative estimate of drug-likeness (QED) is 0.293. The van der Waals surface area contributed by atoms with Crippen LogP contribution in [0.15, 0.2) is 97.1 Å². The molecule has 0 fully saturated rings. The highest BCUT2D eigenvalue weighted by Crippen LogP contribution is 2.55. The van der Waals surface area contributed by atoms with Gasteiger partial charge in [0.15, 0.2) is 17.3 Å². The third-order valence-electron chi connectivity index (χ3n) is 6.97. The minimum atomic E-state index is -0.333. The Morgan fingerprint density at radius 1 is 0.600 bits per heavy atom. The van der Waals surface area contributed by atoms with Crippen molar-refractivity contribution in [3.8, 4) is 17.2 Å². The summed E-state index contributed by atoms with van der Waals surface area (Å²) in [5.41, 5.74) is 5.04. The zero-order valence-electron chi connectivity index (χ0n) is 20.1. The van der Waals surface area contributed by atoms with Gasteiger partial charge in [-0.3, -0.25) is 4.79 Å². The molecule has 4 nitrogen and oxygen atoms in total. The number of methoxy groups -OCH3 is 3. The van der Waals surface area contributed by atoms with Crippen LogP contribution < -0.4 is 14.2 Å². The normalized spacial score (nSPS) is 18.5. The second-order valence-electron chi connectivity index (χ2n) is 8.73. The van der Waals surface area contributed by atoms with E-state index in [9.17, 15) is 4.79 Å². The molecule has 0 aromatic heterocycles. The van der Waals surface area contributed by atoms with Gasteiger partial charge in [-0.15, -0.1) is 0 Å². The maximum atomic E-state index is 14.2. The van der Waals surface area contributed by atoms with E-state index >= 15 is 0 Å². The fraction of sp³-hybridized carbons (Fsp3) is 0.194. The Kier molecular flexibility index (Phi) is 6.28. The zero-order valence-corrected chi connectivity index (χ0v) is 20.1. The van der Waals surface area contributed by atoms with Crippen molar-refractivity contribution >= 4 is 5.78 Å². The molecule has 0 radical (unpaired) electrons. The molecule has 35 heavy (non-hydrogen) atoms. The van der Waals surface area contributed by atoms with Crippen LogP contribution in [0.3, 0.4) is 0 Å². The van der Waals surface area contributed by atoms with Gasteiger partial charge in [0, 0.05) is 23.3 Å². The lowest BCUT2D eigenvalue weighted by molar-refractivity contribution is 0.0904. The van der Waals surface area contributed by atoms with Gasteiger partial charge in [0.05, 0.1) is 21.3 Å². The highest BCUT2D eigenvalue weighted by molar-refractivity contribution is 6.00. The topological polar surface area (TPSA) is 44.8 Å². The standard InChI is InChI=1S/C31H28O4/c1-33-23-16-14-21(15-17-23)29-25-19-27(35-3)26(34-2)18-24(25)28(20-10-6-4-7-11-20)30(29)31(32)22-12-8-5-9-13-22/h4-19,28-30H,1-3H3/t28-,29+,30+/m1/s1. The first-order chi connectivity index (χ1) is 17.2. The van der Waals surface area contributed by atoms with E-state index in [2.05, 4.69) is 24.3 Å². The van der Waals surface area contributed by atoms with Crippen LogP contribution in [-0.2, 0) is 0 Å². The van der Waals surface area contributed by atoms with Crippen LogP contribution >= 0.6 is 0 Å². The lowest BCUT2D eigenvalue weighted by Gasteiger charge is -2.25. The smallest absolute Gasteiger partial charge is 0.167 e. The minimum absolute atomic E-state index is 0.120. The van der Waals surface area contributed by atoms with Gasteiger partial charge in [-0.05, 0) is 46.5 Å². The molecule has 4 heteroatoms. The van der Waals surface area contributed by atoms with Crippen LogP contribution in [0, 0.1) is 5.92 Å². The summed E-state index contributed by atoms with van der Waals surface area (Å²) in [6, 6.07) is 31.9. The predicted molar refractivity (Wildman–Crippen MR) is 137 cm³/mol. The minimum Gasteiger partial charge on any atom is -0.497 e. The van der Waals surface area contributed by atoms with Crippen molar-refractivity contribution in [1.82, 2.24) is 0 Å². The van der Waals surface area contributed by atoms with Crippen LogP contribution in [0.4, 0.5) is 0 Å². The van der Waals surface area contributed by atoms with Gasteiger partial charge >= 0.3 is 0 Å². The molecular formula is C31H28O4. The molecule has 1 aliphatic carbocycles. The number of carbonyl (C=O) groups excluding carboxylic acids is 1. The van der Waals surface area contributed by atoms with E-state index in [1.807, 2.05) is 72.8 Å². The summed E-state index contributed by atoms with van der Waals surface area (Å²) in [6.07, 6.45) is 0. The molecule has 0 aliphatic heterocycles. The van der Waals surface area contributed by atoms with Crippen molar-refractivity contribution in [1.29, 1.82) is 0 Å². The molecule has 0 N–H and O–H groups in total. The highest BCUT2D eigenvalue weighted by Gasteiger charge is 2.47. The molecule has 4 aromatic carbocycles. The van der Waals surface area contributed by atoms with E-state index < -0.39 is 0 Å². The lowest BCUT2D eigenvalue weighted by Crippen LogP contribution is -2.24. The summed E-state index contributed by atoms with van der Waals surface area (Å²) >= 11 is 0. The van der Waals surface area contributed by atoms with Crippen molar-refractivity contribution in [3.05, 3.63) is 125 Å². The summed E-state index contributed by atoms with van der Waals surface area (Å²) < 4.78 is 16.7. The van der Waals surface area contributed by atoms with Crippen molar-refractivity contribution in [2.24, 2.45) is 5.92 Å². The Morgan fingerprint density at radius 2 is 1.09 bits per heavy atom. The Morgan fingerprint density at radius 3 is 1.57 bits per heavy atom. The largest absolute Gasteiger partial charge is 0.497 e. The van der Waals surface area contributed by atoms with Gasteiger partial charge in [-0.2, -0.15) is 0 Å². The Labute approximate surface area is 206 Å². The summed E-state index contributed by atoms with van der Waals surface area (Å²) in [6.45, 7) is 0. The molecule has 1 aliphatic rings. The summed E-state index contributed by atoms with van der Waals surface area (Å²) in [5.74, 6) is 1.59. The first-order valence-electron chi connectivity index (χ1n) is 11.7. The van der Waals surface area contributed by atoms with E-state index in [1.165, 1.54) is 0 Å². The second kappa shape index (κ2) is 9.67. The van der Waals surface area contributed by atoms with Crippen LogP contribution in [0.25, 0.3) is 0 Å². The molecule has 0 bridgehead atoms. The monoisotopic (exact) mass is 464 g/mol. The maximum Gasteiger partial charge on any atom is 0.167 e.